The average Bonchev–Trinajstić information content (AvgIpc) is 0.779. The molecule has 0 radical (unpaired) electrons. The van der Waals surface area contributed by atoms with Gasteiger partial charge >= 0.3 is 0 Å². The first-order chi connectivity index (χ1) is 52.8. The maximum atomic E-state index is 13.5. The van der Waals surface area contributed by atoms with Crippen LogP contribution in [0.1, 0.15) is 393 Å². The van der Waals surface area contributed by atoms with Gasteiger partial charge in [0.15, 0.2) is 18.9 Å². The molecule has 0 aliphatic carbocycles. The van der Waals surface area contributed by atoms with Crippen molar-refractivity contribution in [2.75, 3.05) is 26.4 Å². The predicted octanol–water partition coefficient (Wildman–Crippen LogP) is 17.0. The van der Waals surface area contributed by atoms with Crippen molar-refractivity contribution in [3.8, 4) is 0 Å². The van der Waals surface area contributed by atoms with Gasteiger partial charge in [0.05, 0.1) is 38.6 Å². The Morgan fingerprint density at radius 1 is 0.324 bits per heavy atom. The maximum Gasteiger partial charge on any atom is 0.220 e. The highest BCUT2D eigenvalue weighted by atomic mass is 16.8. The number of unbranched alkanes of at least 4 members (excludes halogenated alkanes) is 54. The first-order valence-corrected chi connectivity index (χ1v) is 45.2. The Labute approximate surface area is 657 Å². The number of hydrogen-bond donors (Lipinski definition) is 12. The van der Waals surface area contributed by atoms with Crippen LogP contribution in [0.25, 0.3) is 0 Å². The molecule has 3 aliphatic heterocycles. The van der Waals surface area contributed by atoms with Gasteiger partial charge in [-0.15, -0.1) is 0 Å². The van der Waals surface area contributed by atoms with Crippen LogP contribution in [0.4, 0.5) is 0 Å². The molecule has 3 fully saturated rings. The van der Waals surface area contributed by atoms with E-state index < -0.39 is 124 Å². The Bertz CT molecular complexity index is 2090. The first-order valence-electron chi connectivity index (χ1n) is 45.2. The quantitative estimate of drug-likeness (QED) is 0.0199. The Kier molecular flexibility index (Phi) is 64.3. The van der Waals surface area contributed by atoms with E-state index in [1.54, 1.807) is 6.08 Å². The van der Waals surface area contributed by atoms with Crippen LogP contribution in [-0.2, 0) is 33.2 Å². The van der Waals surface area contributed by atoms with E-state index >= 15 is 0 Å². The second kappa shape index (κ2) is 69.3. The lowest BCUT2D eigenvalue weighted by molar-refractivity contribution is -0.379. The van der Waals surface area contributed by atoms with Crippen LogP contribution in [0, 0.1) is 0 Å². The van der Waals surface area contributed by atoms with E-state index in [4.69, 9.17) is 28.4 Å². The SMILES string of the molecule is CCCCCCCCCC/C=C\CCCCCCCCCCCCCCCCCCCCCCCCCCCC(=O)NC(COC1OC(CO)C(OC2OC(CO)C(OC3OC(CO)C(O)C(O)C3O)C(O)C2O)C(O)C1O)C(O)/C=C/CC/C=C/CCCCCCCCCCCCCCCCCCCCCC. The first kappa shape index (κ1) is 100. The molecular formula is C89H167NO18. The van der Waals surface area contributed by atoms with Crippen molar-refractivity contribution in [1.82, 2.24) is 5.32 Å². The summed E-state index contributed by atoms with van der Waals surface area (Å²) in [7, 11) is 0. The number of aliphatic hydroxyl groups is 11. The topological polar surface area (TPSA) is 307 Å². The molecule has 0 aromatic carbocycles. The highest BCUT2D eigenvalue weighted by Gasteiger charge is 2.54. The molecule has 19 heteroatoms. The predicted molar refractivity (Wildman–Crippen MR) is 434 cm³/mol. The third kappa shape index (κ3) is 47.8. The Morgan fingerprint density at radius 2 is 0.593 bits per heavy atom. The number of nitrogens with one attached hydrogen (secondary N) is 1. The fourth-order valence-corrected chi connectivity index (χ4v) is 15.4. The molecule has 3 heterocycles. The van der Waals surface area contributed by atoms with Crippen LogP contribution in [-0.4, -0.2) is 193 Å². The number of hydrogen-bond acceptors (Lipinski definition) is 18. The lowest BCUT2D eigenvalue weighted by atomic mass is 9.96. The van der Waals surface area contributed by atoms with Crippen molar-refractivity contribution in [2.24, 2.45) is 0 Å². The summed E-state index contributed by atoms with van der Waals surface area (Å²) in [5.41, 5.74) is 0. The van der Waals surface area contributed by atoms with Gasteiger partial charge in [0.1, 0.15) is 73.2 Å². The molecule has 0 aromatic heterocycles. The van der Waals surface area contributed by atoms with Crippen LogP contribution in [0.5, 0.6) is 0 Å². The molecule has 19 nitrogen and oxygen atoms in total. The van der Waals surface area contributed by atoms with E-state index in [2.05, 4.69) is 43.5 Å². The van der Waals surface area contributed by atoms with Gasteiger partial charge in [0.2, 0.25) is 5.91 Å². The molecule has 17 atom stereocenters. The molecule has 12 N–H and O–H groups in total. The van der Waals surface area contributed by atoms with Crippen molar-refractivity contribution >= 4 is 5.91 Å². The zero-order valence-corrected chi connectivity index (χ0v) is 68.6. The van der Waals surface area contributed by atoms with E-state index in [0.717, 1.165) is 38.5 Å². The van der Waals surface area contributed by atoms with Crippen LogP contribution >= 0.6 is 0 Å². The van der Waals surface area contributed by atoms with Gasteiger partial charge < -0.3 is 89.9 Å². The van der Waals surface area contributed by atoms with Gasteiger partial charge in [0, 0.05) is 6.42 Å². The number of allylic oxidation sites excluding steroid dienone is 5. The van der Waals surface area contributed by atoms with E-state index in [0.29, 0.717) is 12.8 Å². The summed E-state index contributed by atoms with van der Waals surface area (Å²) in [5, 5.41) is 121. The molecule has 0 saturated carbocycles. The molecule has 17 unspecified atom stereocenters. The highest BCUT2D eigenvalue weighted by Crippen LogP contribution is 2.34. The van der Waals surface area contributed by atoms with Gasteiger partial charge in [-0.05, 0) is 57.8 Å². The second-order valence-corrected chi connectivity index (χ2v) is 32.4. The number of ether oxygens (including phenoxy) is 6. The number of rotatable bonds is 74. The summed E-state index contributed by atoms with van der Waals surface area (Å²) in [5.74, 6) is -0.277. The number of aliphatic hydroxyl groups excluding tert-OH is 11. The Balaban J connectivity index is 1.32. The molecule has 3 rings (SSSR count). The van der Waals surface area contributed by atoms with E-state index in [-0.39, 0.29) is 18.9 Å². The molecule has 3 aliphatic rings. The summed E-state index contributed by atoms with van der Waals surface area (Å²) >= 11 is 0. The molecule has 0 bridgehead atoms. The summed E-state index contributed by atoms with van der Waals surface area (Å²) in [4.78, 5) is 13.5. The minimum absolute atomic E-state index is 0.240. The minimum atomic E-state index is -1.98. The van der Waals surface area contributed by atoms with Gasteiger partial charge in [-0.25, -0.2) is 0 Å². The minimum Gasteiger partial charge on any atom is -0.394 e. The Morgan fingerprint density at radius 3 is 0.926 bits per heavy atom. The molecule has 3 saturated heterocycles. The molecule has 1 amide bonds. The number of carbonyl (C=O) groups is 1. The molecular weight excluding hydrogens is 1370 g/mol. The summed E-state index contributed by atoms with van der Waals surface area (Å²) in [6.07, 6.45) is 61.7. The van der Waals surface area contributed by atoms with Crippen LogP contribution in [0.3, 0.4) is 0 Å². The summed E-state index contributed by atoms with van der Waals surface area (Å²) < 4.78 is 34.5. The molecule has 108 heavy (non-hydrogen) atoms. The summed E-state index contributed by atoms with van der Waals surface area (Å²) in [6.45, 7) is 1.78. The molecule has 0 aromatic rings. The normalized spacial score (nSPS) is 25.5. The van der Waals surface area contributed by atoms with Crippen molar-refractivity contribution in [3.05, 3.63) is 36.5 Å². The monoisotopic (exact) mass is 1540 g/mol. The molecule has 0 spiro atoms. The zero-order chi connectivity index (χ0) is 78.1. The van der Waals surface area contributed by atoms with Crippen molar-refractivity contribution < 1.29 is 89.4 Å². The second-order valence-electron chi connectivity index (χ2n) is 32.4. The average molecular weight is 1540 g/mol. The van der Waals surface area contributed by atoms with Crippen molar-refractivity contribution in [3.63, 3.8) is 0 Å². The van der Waals surface area contributed by atoms with Crippen LogP contribution < -0.4 is 5.32 Å². The van der Waals surface area contributed by atoms with Gasteiger partial charge in [-0.3, -0.25) is 4.79 Å². The Hall–Kier alpha value is -1.99. The smallest absolute Gasteiger partial charge is 0.220 e. The van der Waals surface area contributed by atoms with Crippen molar-refractivity contribution in [2.45, 2.75) is 497 Å². The standard InChI is InChI=1S/C89H167NO18/c1-3-5-7-9-11-13-15-17-19-21-23-25-27-29-31-32-33-34-35-36-37-38-39-40-41-43-45-47-49-51-53-55-57-59-61-63-65-67-77(95)90-72(73(94)66-64-62-60-58-56-54-52-50-48-46-44-42-30-28-26-24-22-20-18-16-14-12-10-8-6-4-2)71-103-87-83(101)80(98)85(75(69-92)105-87)108-89-84(102)81(99)86(76(70-93)106-89)107-88-82(100)79(97)78(96)74(68-91)104-88/h21,23,56,58,64,66,72-76,78-89,91-94,96-102H,3-20,22,24-55,57,59-63,65,67-71H2,1-2H3,(H,90,95)/b23-21-,58-56+,66-64+. The fourth-order valence-electron chi connectivity index (χ4n) is 15.4. The molecule has 636 valence electrons. The van der Waals surface area contributed by atoms with E-state index in [1.165, 1.54) is 321 Å². The van der Waals surface area contributed by atoms with Crippen LogP contribution in [0.15, 0.2) is 36.5 Å². The van der Waals surface area contributed by atoms with Gasteiger partial charge in [-0.2, -0.15) is 0 Å². The number of carbonyl (C=O) groups excluding carboxylic acids is 1. The number of amides is 1. The zero-order valence-electron chi connectivity index (χ0n) is 68.6. The lowest BCUT2D eigenvalue weighted by Gasteiger charge is -2.48. The lowest BCUT2D eigenvalue weighted by Crippen LogP contribution is -2.66. The van der Waals surface area contributed by atoms with Crippen molar-refractivity contribution in [1.29, 1.82) is 0 Å². The third-order valence-electron chi connectivity index (χ3n) is 22.7. The van der Waals surface area contributed by atoms with Crippen LogP contribution in [0.2, 0.25) is 0 Å². The fraction of sp³-hybridized carbons (Fsp3) is 0.921. The highest BCUT2D eigenvalue weighted by molar-refractivity contribution is 5.76. The third-order valence-corrected chi connectivity index (χ3v) is 22.7. The van der Waals surface area contributed by atoms with Gasteiger partial charge in [-0.1, -0.05) is 365 Å². The van der Waals surface area contributed by atoms with E-state index in [1.807, 2.05) is 6.08 Å². The maximum absolute atomic E-state index is 13.5. The largest absolute Gasteiger partial charge is 0.394 e. The van der Waals surface area contributed by atoms with E-state index in [9.17, 15) is 61.0 Å². The van der Waals surface area contributed by atoms with Gasteiger partial charge in [0.25, 0.3) is 0 Å². The summed E-state index contributed by atoms with van der Waals surface area (Å²) in [6, 6.07) is -0.990.